The summed E-state index contributed by atoms with van der Waals surface area (Å²) in [5.74, 6) is 0.932. The lowest BCUT2D eigenvalue weighted by molar-refractivity contribution is 0.769. The number of hydrogen-bond acceptors (Lipinski definition) is 1. The minimum Gasteiger partial charge on any atom is -0.292 e. The van der Waals surface area contributed by atoms with Crippen LogP contribution in [-0.2, 0) is 5.41 Å². The molecule has 0 aliphatic heterocycles. The molecule has 11 rings (SSSR count). The number of rotatable bonds is 6. The lowest BCUT2D eigenvalue weighted by Crippen LogP contribution is -2.28. The van der Waals surface area contributed by atoms with Gasteiger partial charge < -0.3 is 0 Å². The summed E-state index contributed by atoms with van der Waals surface area (Å²) in [7, 11) is 0. The van der Waals surface area contributed by atoms with Crippen molar-refractivity contribution >= 4 is 21.8 Å². The van der Waals surface area contributed by atoms with Crippen LogP contribution in [0.5, 0.6) is 0 Å². The summed E-state index contributed by atoms with van der Waals surface area (Å²) in [4.78, 5) is 5.12. The second kappa shape index (κ2) is 12.9. The molecule has 0 spiro atoms. The number of benzene rings is 9. The van der Waals surface area contributed by atoms with E-state index in [0.717, 1.165) is 33.7 Å². The molecule has 1 aromatic heterocycles. The summed E-state index contributed by atoms with van der Waals surface area (Å²) < 4.78 is 2.29. The Balaban J connectivity index is 1.19. The predicted octanol–water partition coefficient (Wildman–Crippen LogP) is 13.5. The second-order valence-corrected chi connectivity index (χ2v) is 14.7. The average molecular weight is 713 g/mol. The number of nitrogens with zero attached hydrogens (tertiary/aromatic N) is 2. The quantitative estimate of drug-likeness (QED) is 0.168. The Labute approximate surface area is 326 Å². The van der Waals surface area contributed by atoms with E-state index < -0.39 is 5.41 Å². The van der Waals surface area contributed by atoms with Crippen LogP contribution in [0.2, 0.25) is 0 Å². The molecule has 0 fully saturated rings. The molecule has 0 atom stereocenters. The van der Waals surface area contributed by atoms with Crippen molar-refractivity contribution in [1.82, 2.24) is 9.55 Å². The van der Waals surface area contributed by atoms with Crippen molar-refractivity contribution in [3.8, 4) is 50.5 Å². The largest absolute Gasteiger partial charge is 0.292 e. The predicted molar refractivity (Wildman–Crippen MR) is 232 cm³/mol. The molecule has 0 N–H and O–H groups in total. The maximum Gasteiger partial charge on any atom is 0.145 e. The van der Waals surface area contributed by atoms with Crippen LogP contribution in [0, 0.1) is 0 Å². The average Bonchev–Trinajstić information content (AvgIpc) is 3.81. The first-order chi connectivity index (χ1) is 27.8. The molecule has 262 valence electrons. The van der Waals surface area contributed by atoms with Crippen LogP contribution in [-0.4, -0.2) is 9.55 Å². The number of aromatic nitrogens is 2. The fourth-order valence-corrected chi connectivity index (χ4v) is 9.27. The van der Waals surface area contributed by atoms with E-state index in [1.807, 2.05) is 0 Å². The Bertz CT molecular complexity index is 3010. The summed E-state index contributed by atoms with van der Waals surface area (Å²) in [5.41, 5.74) is 16.2. The Kier molecular flexibility index (Phi) is 7.43. The molecule has 1 heterocycles. The SMILES string of the molecule is c1ccc(-c2nc3ccccc3n2-c2ccc(-c3cc4c(cc3-c3cccc5ccccc35)-c3ccccc3C4(c3ccccc3)c3ccccc3)cc2)cc1. The number of para-hydroxylation sites is 2. The summed E-state index contributed by atoms with van der Waals surface area (Å²) in [6.45, 7) is 0. The van der Waals surface area contributed by atoms with Gasteiger partial charge in [0.2, 0.25) is 0 Å². The monoisotopic (exact) mass is 712 g/mol. The van der Waals surface area contributed by atoms with E-state index in [1.54, 1.807) is 0 Å². The smallest absolute Gasteiger partial charge is 0.145 e. The van der Waals surface area contributed by atoms with Crippen molar-refractivity contribution in [2.45, 2.75) is 5.41 Å². The minimum atomic E-state index is -0.499. The lowest BCUT2D eigenvalue weighted by atomic mass is 9.67. The first-order valence-electron chi connectivity index (χ1n) is 19.3. The molecule has 0 bridgehead atoms. The molecule has 0 radical (unpaired) electrons. The van der Waals surface area contributed by atoms with Crippen LogP contribution < -0.4 is 0 Å². The van der Waals surface area contributed by atoms with E-state index in [0.29, 0.717) is 0 Å². The molecular weight excluding hydrogens is 677 g/mol. The van der Waals surface area contributed by atoms with Gasteiger partial charge in [0.15, 0.2) is 0 Å². The van der Waals surface area contributed by atoms with E-state index in [2.05, 4.69) is 223 Å². The van der Waals surface area contributed by atoms with Crippen molar-refractivity contribution in [2.24, 2.45) is 0 Å². The second-order valence-electron chi connectivity index (χ2n) is 14.7. The lowest BCUT2D eigenvalue weighted by Gasteiger charge is -2.34. The van der Waals surface area contributed by atoms with Gasteiger partial charge in [-0.15, -0.1) is 0 Å². The highest BCUT2D eigenvalue weighted by atomic mass is 15.1. The topological polar surface area (TPSA) is 17.8 Å². The minimum absolute atomic E-state index is 0.499. The highest BCUT2D eigenvalue weighted by Gasteiger charge is 2.46. The molecule has 56 heavy (non-hydrogen) atoms. The summed E-state index contributed by atoms with van der Waals surface area (Å²) in [5, 5.41) is 2.48. The van der Waals surface area contributed by atoms with Crippen LogP contribution in [0.25, 0.3) is 72.3 Å². The van der Waals surface area contributed by atoms with Gasteiger partial charge in [-0.2, -0.15) is 0 Å². The molecule has 0 saturated carbocycles. The van der Waals surface area contributed by atoms with E-state index in [-0.39, 0.29) is 0 Å². The Morgan fingerprint density at radius 1 is 0.375 bits per heavy atom. The van der Waals surface area contributed by atoms with Crippen molar-refractivity contribution in [3.63, 3.8) is 0 Å². The first-order valence-corrected chi connectivity index (χ1v) is 19.3. The van der Waals surface area contributed by atoms with Crippen LogP contribution >= 0.6 is 0 Å². The van der Waals surface area contributed by atoms with Gasteiger partial charge in [-0.25, -0.2) is 4.98 Å². The summed E-state index contributed by atoms with van der Waals surface area (Å²) >= 11 is 0. The molecule has 0 amide bonds. The van der Waals surface area contributed by atoms with Gasteiger partial charge in [0.05, 0.1) is 16.4 Å². The maximum absolute atomic E-state index is 5.12. The van der Waals surface area contributed by atoms with Gasteiger partial charge in [-0.05, 0) is 103 Å². The molecule has 2 heteroatoms. The van der Waals surface area contributed by atoms with Crippen LogP contribution in [0.4, 0.5) is 0 Å². The molecule has 9 aromatic carbocycles. The molecular formula is C54H36N2. The van der Waals surface area contributed by atoms with Crippen LogP contribution in [0.3, 0.4) is 0 Å². The Hall–Kier alpha value is -7.29. The van der Waals surface area contributed by atoms with E-state index in [9.17, 15) is 0 Å². The van der Waals surface area contributed by atoms with Gasteiger partial charge in [0, 0.05) is 11.3 Å². The number of hydrogen-bond donors (Lipinski definition) is 0. The van der Waals surface area contributed by atoms with Crippen molar-refractivity contribution in [2.75, 3.05) is 0 Å². The highest BCUT2D eigenvalue weighted by molar-refractivity contribution is 6.03. The van der Waals surface area contributed by atoms with Crippen molar-refractivity contribution in [3.05, 3.63) is 241 Å². The molecule has 1 aliphatic rings. The zero-order valence-corrected chi connectivity index (χ0v) is 30.7. The highest BCUT2D eigenvalue weighted by Crippen LogP contribution is 2.58. The third kappa shape index (κ3) is 4.86. The van der Waals surface area contributed by atoms with Gasteiger partial charge >= 0.3 is 0 Å². The number of imidazole rings is 1. The fraction of sp³-hybridized carbons (Fsp3) is 0.0185. The van der Waals surface area contributed by atoms with Crippen LogP contribution in [0.1, 0.15) is 22.3 Å². The molecule has 0 unspecified atom stereocenters. The zero-order valence-electron chi connectivity index (χ0n) is 30.7. The van der Waals surface area contributed by atoms with Crippen molar-refractivity contribution < 1.29 is 0 Å². The standard InChI is InChI=1S/C54H36N2/c1-4-18-39(19-5-1)53-55-51-29-14-15-30-52(51)56(53)42-33-31-38(32-34-42)46-36-50-48(35-47(46)44-27-16-20-37-17-10-11-25-43(37)44)45-26-12-13-28-49(45)54(50,40-21-6-2-7-22-40)41-23-8-3-9-24-41/h1-36H. The van der Waals surface area contributed by atoms with Gasteiger partial charge in [-0.3, -0.25) is 4.57 Å². The maximum atomic E-state index is 5.12. The third-order valence-corrected chi connectivity index (χ3v) is 11.7. The molecule has 10 aromatic rings. The van der Waals surface area contributed by atoms with Crippen LogP contribution in [0.15, 0.2) is 218 Å². The van der Waals surface area contributed by atoms with Gasteiger partial charge in [0.25, 0.3) is 0 Å². The number of fused-ring (bicyclic) bond motifs is 5. The van der Waals surface area contributed by atoms with Crippen molar-refractivity contribution in [1.29, 1.82) is 0 Å². The normalized spacial score (nSPS) is 12.8. The Morgan fingerprint density at radius 3 is 1.75 bits per heavy atom. The molecule has 2 nitrogen and oxygen atoms in total. The van der Waals surface area contributed by atoms with Gasteiger partial charge in [0.1, 0.15) is 5.82 Å². The van der Waals surface area contributed by atoms with E-state index >= 15 is 0 Å². The van der Waals surface area contributed by atoms with E-state index in [1.165, 1.54) is 60.8 Å². The molecule has 0 saturated heterocycles. The fourth-order valence-electron chi connectivity index (χ4n) is 9.27. The zero-order chi connectivity index (χ0) is 37.1. The summed E-state index contributed by atoms with van der Waals surface area (Å²) in [6.07, 6.45) is 0. The first kappa shape index (κ1) is 32.2. The van der Waals surface area contributed by atoms with E-state index in [4.69, 9.17) is 4.98 Å². The Morgan fingerprint density at radius 2 is 0.982 bits per heavy atom. The summed E-state index contributed by atoms with van der Waals surface area (Å²) in [6, 6.07) is 79.6. The molecule has 1 aliphatic carbocycles. The van der Waals surface area contributed by atoms with Gasteiger partial charge in [-0.1, -0.05) is 182 Å². The third-order valence-electron chi connectivity index (χ3n) is 11.7.